The summed E-state index contributed by atoms with van der Waals surface area (Å²) in [6, 6.07) is 12.5. The van der Waals surface area contributed by atoms with Crippen molar-refractivity contribution in [2.75, 3.05) is 7.05 Å². The molecular weight excluding hydrogens is 196 g/mol. The van der Waals surface area contributed by atoms with E-state index in [-0.39, 0.29) is 0 Å². The van der Waals surface area contributed by atoms with Crippen LogP contribution in [0, 0.1) is 6.92 Å². The molecule has 1 aromatic heterocycles. The van der Waals surface area contributed by atoms with Crippen LogP contribution in [0.2, 0.25) is 0 Å². The first-order chi connectivity index (χ1) is 7.81. The van der Waals surface area contributed by atoms with E-state index in [1.807, 2.05) is 31.4 Å². The molecule has 0 bridgehead atoms. The van der Waals surface area contributed by atoms with Crippen molar-refractivity contribution in [3.05, 3.63) is 53.7 Å². The number of nitrogens with one attached hydrogen (secondary N) is 1. The van der Waals surface area contributed by atoms with Gasteiger partial charge in [-0.3, -0.25) is 4.98 Å². The van der Waals surface area contributed by atoms with Crippen molar-refractivity contribution in [1.29, 1.82) is 0 Å². The maximum absolute atomic E-state index is 4.41. The summed E-state index contributed by atoms with van der Waals surface area (Å²) in [5.74, 6) is 0. The van der Waals surface area contributed by atoms with Crippen LogP contribution in [0.15, 0.2) is 42.6 Å². The molecule has 1 aromatic carbocycles. The van der Waals surface area contributed by atoms with E-state index in [1.165, 1.54) is 16.7 Å². The minimum Gasteiger partial charge on any atom is -0.316 e. The number of nitrogens with zero attached hydrogens (tertiary/aromatic N) is 1. The summed E-state index contributed by atoms with van der Waals surface area (Å²) in [7, 11) is 1.96. The molecule has 0 saturated carbocycles. The van der Waals surface area contributed by atoms with Crippen LogP contribution in [0.1, 0.15) is 11.1 Å². The Kier molecular flexibility index (Phi) is 3.32. The monoisotopic (exact) mass is 212 g/mol. The molecule has 2 heteroatoms. The van der Waals surface area contributed by atoms with Gasteiger partial charge in [0.2, 0.25) is 0 Å². The molecule has 2 rings (SSSR count). The summed E-state index contributed by atoms with van der Waals surface area (Å²) in [6.07, 6.45) is 1.83. The molecule has 0 atom stereocenters. The summed E-state index contributed by atoms with van der Waals surface area (Å²) in [5, 5.41) is 3.19. The van der Waals surface area contributed by atoms with Gasteiger partial charge in [-0.25, -0.2) is 0 Å². The smallest absolute Gasteiger partial charge is 0.0705 e. The van der Waals surface area contributed by atoms with Gasteiger partial charge < -0.3 is 5.32 Å². The van der Waals surface area contributed by atoms with Crippen LogP contribution in [0.5, 0.6) is 0 Å². The largest absolute Gasteiger partial charge is 0.316 e. The molecule has 0 aliphatic rings. The first-order valence-corrected chi connectivity index (χ1v) is 5.47. The second-order valence-electron chi connectivity index (χ2n) is 3.91. The molecule has 0 amide bonds. The predicted molar refractivity (Wildman–Crippen MR) is 67.2 cm³/mol. The maximum atomic E-state index is 4.41. The molecule has 0 saturated heterocycles. The van der Waals surface area contributed by atoms with Crippen molar-refractivity contribution >= 4 is 0 Å². The van der Waals surface area contributed by atoms with Crippen molar-refractivity contribution in [3.63, 3.8) is 0 Å². The number of hydrogen-bond donors (Lipinski definition) is 1. The van der Waals surface area contributed by atoms with Gasteiger partial charge >= 0.3 is 0 Å². The van der Waals surface area contributed by atoms with Crippen LogP contribution < -0.4 is 5.32 Å². The van der Waals surface area contributed by atoms with E-state index in [9.17, 15) is 0 Å². The molecule has 2 nitrogen and oxygen atoms in total. The Labute approximate surface area is 96.4 Å². The van der Waals surface area contributed by atoms with Gasteiger partial charge in [-0.2, -0.15) is 0 Å². The predicted octanol–water partition coefficient (Wildman–Crippen LogP) is 2.78. The second kappa shape index (κ2) is 4.90. The van der Waals surface area contributed by atoms with E-state index in [1.54, 1.807) is 0 Å². The fraction of sp³-hybridized carbons (Fsp3) is 0.214. The number of hydrogen-bond acceptors (Lipinski definition) is 2. The maximum Gasteiger partial charge on any atom is 0.0705 e. The molecule has 16 heavy (non-hydrogen) atoms. The number of rotatable bonds is 3. The Morgan fingerprint density at radius 1 is 1.19 bits per heavy atom. The van der Waals surface area contributed by atoms with E-state index < -0.39 is 0 Å². The topological polar surface area (TPSA) is 24.9 Å². The Bertz CT molecular complexity index is 463. The Balaban J connectivity index is 2.49. The lowest BCUT2D eigenvalue weighted by Gasteiger charge is -2.09. The average molecular weight is 212 g/mol. The summed E-state index contributed by atoms with van der Waals surface area (Å²) < 4.78 is 0. The average Bonchev–Trinajstić information content (AvgIpc) is 2.33. The first-order valence-electron chi connectivity index (χ1n) is 5.47. The number of benzene rings is 1. The Morgan fingerprint density at radius 3 is 2.75 bits per heavy atom. The molecule has 0 fully saturated rings. The van der Waals surface area contributed by atoms with Crippen molar-refractivity contribution < 1.29 is 0 Å². The molecule has 0 unspecified atom stereocenters. The van der Waals surface area contributed by atoms with Gasteiger partial charge in [0, 0.05) is 18.3 Å². The summed E-state index contributed by atoms with van der Waals surface area (Å²) >= 11 is 0. The molecule has 0 spiro atoms. The van der Waals surface area contributed by atoms with Crippen LogP contribution >= 0.6 is 0 Å². The van der Waals surface area contributed by atoms with Crippen LogP contribution in [0.3, 0.4) is 0 Å². The van der Waals surface area contributed by atoms with Gasteiger partial charge in [0.15, 0.2) is 0 Å². The standard InChI is InChI=1S/C14H16N2/c1-11-6-7-12(10-15-2)13(9-11)14-5-3-4-8-16-14/h3-9,15H,10H2,1-2H3. The highest BCUT2D eigenvalue weighted by atomic mass is 14.8. The third-order valence-corrected chi connectivity index (χ3v) is 2.57. The molecule has 0 radical (unpaired) electrons. The lowest BCUT2D eigenvalue weighted by Crippen LogP contribution is -2.06. The van der Waals surface area contributed by atoms with Gasteiger partial charge in [-0.05, 0) is 37.7 Å². The van der Waals surface area contributed by atoms with Crippen molar-refractivity contribution in [3.8, 4) is 11.3 Å². The Hall–Kier alpha value is -1.67. The lowest BCUT2D eigenvalue weighted by atomic mass is 10.0. The molecule has 0 aliphatic carbocycles. The molecule has 1 N–H and O–H groups in total. The Morgan fingerprint density at radius 2 is 2.06 bits per heavy atom. The van der Waals surface area contributed by atoms with Gasteiger partial charge in [0.1, 0.15) is 0 Å². The zero-order valence-corrected chi connectivity index (χ0v) is 9.70. The zero-order chi connectivity index (χ0) is 11.4. The van der Waals surface area contributed by atoms with Crippen LogP contribution in [-0.2, 0) is 6.54 Å². The van der Waals surface area contributed by atoms with Gasteiger partial charge in [-0.15, -0.1) is 0 Å². The van der Waals surface area contributed by atoms with Gasteiger partial charge in [-0.1, -0.05) is 23.8 Å². The normalized spacial score (nSPS) is 10.4. The molecule has 0 aliphatic heterocycles. The summed E-state index contributed by atoms with van der Waals surface area (Å²) in [4.78, 5) is 4.41. The number of aromatic nitrogens is 1. The molecule has 82 valence electrons. The highest BCUT2D eigenvalue weighted by Crippen LogP contribution is 2.22. The van der Waals surface area contributed by atoms with Crippen LogP contribution in [0.25, 0.3) is 11.3 Å². The van der Waals surface area contributed by atoms with E-state index in [2.05, 4.69) is 35.4 Å². The minimum atomic E-state index is 0.867. The molecular formula is C14H16N2. The van der Waals surface area contributed by atoms with E-state index in [0.717, 1.165) is 12.2 Å². The highest BCUT2D eigenvalue weighted by Gasteiger charge is 2.05. The lowest BCUT2D eigenvalue weighted by molar-refractivity contribution is 0.818. The quantitative estimate of drug-likeness (QED) is 0.846. The second-order valence-corrected chi connectivity index (χ2v) is 3.91. The van der Waals surface area contributed by atoms with E-state index >= 15 is 0 Å². The first kappa shape index (κ1) is 10.8. The minimum absolute atomic E-state index is 0.867. The number of aryl methyl sites for hydroxylation is 1. The summed E-state index contributed by atoms with van der Waals surface area (Å²) in [6.45, 7) is 2.97. The van der Waals surface area contributed by atoms with Crippen LogP contribution in [0.4, 0.5) is 0 Å². The fourth-order valence-corrected chi connectivity index (χ4v) is 1.80. The fourth-order valence-electron chi connectivity index (χ4n) is 1.80. The molecule has 1 heterocycles. The summed E-state index contributed by atoms with van der Waals surface area (Å²) in [5.41, 5.74) is 4.80. The van der Waals surface area contributed by atoms with Crippen LogP contribution in [-0.4, -0.2) is 12.0 Å². The van der Waals surface area contributed by atoms with Crippen molar-refractivity contribution in [1.82, 2.24) is 10.3 Å². The SMILES string of the molecule is CNCc1ccc(C)cc1-c1ccccn1. The third-order valence-electron chi connectivity index (χ3n) is 2.57. The van der Waals surface area contributed by atoms with E-state index in [4.69, 9.17) is 0 Å². The van der Waals surface area contributed by atoms with Gasteiger partial charge in [0.05, 0.1) is 5.69 Å². The zero-order valence-electron chi connectivity index (χ0n) is 9.70. The van der Waals surface area contributed by atoms with E-state index in [0.29, 0.717) is 0 Å². The van der Waals surface area contributed by atoms with Crippen molar-refractivity contribution in [2.45, 2.75) is 13.5 Å². The van der Waals surface area contributed by atoms with Crippen molar-refractivity contribution in [2.24, 2.45) is 0 Å². The van der Waals surface area contributed by atoms with Gasteiger partial charge in [0.25, 0.3) is 0 Å². The third kappa shape index (κ3) is 2.28. The number of pyridine rings is 1. The highest BCUT2D eigenvalue weighted by molar-refractivity contribution is 5.64. The molecule has 2 aromatic rings.